The minimum atomic E-state index is -0.0488. The van der Waals surface area contributed by atoms with Crippen molar-refractivity contribution in [2.45, 2.75) is 0 Å². The first-order chi connectivity index (χ1) is 5.81. The van der Waals surface area contributed by atoms with Gasteiger partial charge < -0.3 is 10.1 Å². The number of hydrogen-bond acceptors (Lipinski definition) is 4. The van der Waals surface area contributed by atoms with Crippen molar-refractivity contribution < 1.29 is 9.53 Å². The highest BCUT2D eigenvalue weighted by Crippen LogP contribution is 1.95. The summed E-state index contributed by atoms with van der Waals surface area (Å²) in [5.74, 6) is 0.655. The Kier molecular flexibility index (Phi) is 7.86. The van der Waals surface area contributed by atoms with Gasteiger partial charge in [0, 0.05) is 13.7 Å². The number of amides is 1. The Morgan fingerprint density at radius 1 is 1.75 bits per heavy atom. The molecule has 0 atom stereocenters. The highest BCUT2D eigenvalue weighted by atomic mass is 32.2. The van der Waals surface area contributed by atoms with E-state index in [4.69, 9.17) is 10.00 Å². The number of rotatable bonds is 6. The molecule has 5 heteroatoms. The number of carbonyl (C=O) groups is 1. The predicted octanol–water partition coefficient (Wildman–Crippen LogP) is 0.00578. The Hall–Kier alpha value is -0.730. The van der Waals surface area contributed by atoms with E-state index in [0.717, 1.165) is 0 Å². The molecule has 0 saturated heterocycles. The van der Waals surface area contributed by atoms with Crippen LogP contribution < -0.4 is 5.32 Å². The van der Waals surface area contributed by atoms with Gasteiger partial charge in [-0.25, -0.2) is 0 Å². The van der Waals surface area contributed by atoms with Gasteiger partial charge in [0.15, 0.2) is 0 Å². The topological polar surface area (TPSA) is 62.1 Å². The fraction of sp³-hybridized carbons (Fsp3) is 0.714. The SMILES string of the molecule is COCCNC(=O)CSCC#N. The number of nitrogens with one attached hydrogen (secondary N) is 1. The van der Waals surface area contributed by atoms with Gasteiger partial charge in [-0.1, -0.05) is 0 Å². The summed E-state index contributed by atoms with van der Waals surface area (Å²) < 4.78 is 4.74. The van der Waals surface area contributed by atoms with Crippen LogP contribution in [0.2, 0.25) is 0 Å². The predicted molar refractivity (Wildman–Crippen MR) is 47.8 cm³/mol. The third-order valence-corrected chi connectivity index (χ3v) is 1.83. The van der Waals surface area contributed by atoms with Gasteiger partial charge >= 0.3 is 0 Å². The molecule has 1 N–H and O–H groups in total. The number of carbonyl (C=O) groups excluding carboxylic acids is 1. The summed E-state index contributed by atoms with van der Waals surface area (Å²) in [6.07, 6.45) is 0. The van der Waals surface area contributed by atoms with Crippen molar-refractivity contribution in [2.24, 2.45) is 0 Å². The fourth-order valence-corrected chi connectivity index (χ4v) is 1.01. The molecule has 0 aromatic carbocycles. The number of nitrogens with zero attached hydrogens (tertiary/aromatic N) is 1. The normalized spacial score (nSPS) is 9.00. The lowest BCUT2D eigenvalue weighted by Crippen LogP contribution is -2.28. The minimum absolute atomic E-state index is 0.0488. The zero-order valence-electron chi connectivity index (χ0n) is 7.00. The van der Waals surface area contributed by atoms with Crippen LogP contribution in [0.4, 0.5) is 0 Å². The van der Waals surface area contributed by atoms with Gasteiger partial charge in [-0.05, 0) is 0 Å². The first-order valence-corrected chi connectivity index (χ1v) is 4.67. The summed E-state index contributed by atoms with van der Waals surface area (Å²) in [6.45, 7) is 1.05. The van der Waals surface area contributed by atoms with Gasteiger partial charge in [0.1, 0.15) is 0 Å². The molecule has 0 aromatic heterocycles. The van der Waals surface area contributed by atoms with Gasteiger partial charge in [-0.2, -0.15) is 5.26 Å². The van der Waals surface area contributed by atoms with Gasteiger partial charge in [0.2, 0.25) is 5.91 Å². The second-order valence-corrected chi connectivity index (χ2v) is 2.98. The summed E-state index contributed by atoms with van der Waals surface area (Å²) in [6, 6.07) is 1.95. The van der Waals surface area contributed by atoms with Crippen LogP contribution in [0.3, 0.4) is 0 Å². The van der Waals surface area contributed by atoms with Crippen LogP contribution in [0.15, 0.2) is 0 Å². The van der Waals surface area contributed by atoms with Gasteiger partial charge in [-0.3, -0.25) is 4.79 Å². The molecule has 4 nitrogen and oxygen atoms in total. The Bertz CT molecular complexity index is 167. The Balaban J connectivity index is 3.17. The molecular weight excluding hydrogens is 176 g/mol. The third kappa shape index (κ3) is 7.38. The quantitative estimate of drug-likeness (QED) is 0.596. The van der Waals surface area contributed by atoms with Crippen molar-refractivity contribution >= 4 is 17.7 Å². The van der Waals surface area contributed by atoms with E-state index in [1.54, 1.807) is 7.11 Å². The Labute approximate surface area is 76.3 Å². The van der Waals surface area contributed by atoms with Gasteiger partial charge in [-0.15, -0.1) is 11.8 Å². The van der Waals surface area contributed by atoms with Crippen LogP contribution in [-0.2, 0) is 9.53 Å². The zero-order chi connectivity index (χ0) is 9.23. The molecule has 0 heterocycles. The average Bonchev–Trinajstić information content (AvgIpc) is 2.06. The van der Waals surface area contributed by atoms with E-state index in [1.165, 1.54) is 11.8 Å². The molecule has 0 rings (SSSR count). The molecule has 0 aliphatic heterocycles. The van der Waals surface area contributed by atoms with Crippen molar-refractivity contribution in [3.05, 3.63) is 0 Å². The van der Waals surface area contributed by atoms with E-state index in [1.807, 2.05) is 6.07 Å². The van der Waals surface area contributed by atoms with Crippen molar-refractivity contribution in [3.8, 4) is 6.07 Å². The van der Waals surface area contributed by atoms with Crippen LogP contribution >= 0.6 is 11.8 Å². The average molecular weight is 188 g/mol. The Morgan fingerprint density at radius 2 is 2.50 bits per heavy atom. The number of ether oxygens (including phenoxy) is 1. The summed E-state index contributed by atoms with van der Waals surface area (Å²) in [5.41, 5.74) is 0. The van der Waals surface area contributed by atoms with E-state index < -0.39 is 0 Å². The second-order valence-electron chi connectivity index (χ2n) is 1.99. The molecule has 1 amide bonds. The lowest BCUT2D eigenvalue weighted by molar-refractivity contribution is -0.118. The number of nitriles is 1. The molecule has 12 heavy (non-hydrogen) atoms. The van der Waals surface area contributed by atoms with Crippen LogP contribution in [-0.4, -0.2) is 37.7 Å². The molecule has 0 fully saturated rings. The smallest absolute Gasteiger partial charge is 0.230 e. The first kappa shape index (κ1) is 11.3. The van der Waals surface area contributed by atoms with E-state index in [2.05, 4.69) is 5.32 Å². The molecule has 0 aliphatic carbocycles. The lowest BCUT2D eigenvalue weighted by atomic mass is 10.6. The van der Waals surface area contributed by atoms with Crippen LogP contribution in [0.1, 0.15) is 0 Å². The van der Waals surface area contributed by atoms with Crippen molar-refractivity contribution in [3.63, 3.8) is 0 Å². The van der Waals surface area contributed by atoms with Crippen molar-refractivity contribution in [1.29, 1.82) is 5.26 Å². The summed E-state index contributed by atoms with van der Waals surface area (Å²) >= 11 is 1.31. The summed E-state index contributed by atoms with van der Waals surface area (Å²) in [5, 5.41) is 10.8. The summed E-state index contributed by atoms with van der Waals surface area (Å²) in [7, 11) is 1.58. The molecule has 0 aliphatic rings. The third-order valence-electron chi connectivity index (χ3n) is 1.03. The Morgan fingerprint density at radius 3 is 3.08 bits per heavy atom. The lowest BCUT2D eigenvalue weighted by Gasteiger charge is -2.01. The fourth-order valence-electron chi connectivity index (χ4n) is 0.533. The van der Waals surface area contributed by atoms with Crippen molar-refractivity contribution in [1.82, 2.24) is 5.32 Å². The molecule has 0 unspecified atom stereocenters. The molecule has 0 aromatic rings. The molecule has 68 valence electrons. The highest BCUT2D eigenvalue weighted by Gasteiger charge is 1.98. The van der Waals surface area contributed by atoms with Crippen molar-refractivity contribution in [2.75, 3.05) is 31.8 Å². The maximum Gasteiger partial charge on any atom is 0.230 e. The molecule has 0 saturated carbocycles. The maximum absolute atomic E-state index is 10.9. The first-order valence-electron chi connectivity index (χ1n) is 3.51. The monoisotopic (exact) mass is 188 g/mol. The largest absolute Gasteiger partial charge is 0.383 e. The molecular formula is C7H12N2O2S. The number of hydrogen-bond donors (Lipinski definition) is 1. The molecule has 0 radical (unpaired) electrons. The van der Waals surface area contributed by atoms with Gasteiger partial charge in [0.25, 0.3) is 0 Å². The summed E-state index contributed by atoms with van der Waals surface area (Å²) in [4.78, 5) is 10.9. The van der Waals surface area contributed by atoms with E-state index >= 15 is 0 Å². The molecule has 0 spiro atoms. The van der Waals surface area contributed by atoms with Crippen LogP contribution in [0, 0.1) is 11.3 Å². The minimum Gasteiger partial charge on any atom is -0.383 e. The zero-order valence-corrected chi connectivity index (χ0v) is 7.82. The number of thioether (sulfide) groups is 1. The maximum atomic E-state index is 10.9. The van der Waals surface area contributed by atoms with Crippen LogP contribution in [0.25, 0.3) is 0 Å². The highest BCUT2D eigenvalue weighted by molar-refractivity contribution is 8.00. The number of methoxy groups -OCH3 is 1. The van der Waals surface area contributed by atoms with Crippen LogP contribution in [0.5, 0.6) is 0 Å². The van der Waals surface area contributed by atoms with E-state index in [0.29, 0.717) is 24.7 Å². The van der Waals surface area contributed by atoms with E-state index in [-0.39, 0.29) is 5.91 Å². The second kappa shape index (κ2) is 8.37. The molecule has 0 bridgehead atoms. The van der Waals surface area contributed by atoms with E-state index in [9.17, 15) is 4.79 Å². The standard InChI is InChI=1S/C7H12N2O2S/c1-11-4-3-9-7(10)6-12-5-2-8/h3-6H2,1H3,(H,9,10). The van der Waals surface area contributed by atoms with Gasteiger partial charge in [0.05, 0.1) is 24.2 Å².